The van der Waals surface area contributed by atoms with Crippen LogP contribution in [-0.4, -0.2) is 21.9 Å². The van der Waals surface area contributed by atoms with Gasteiger partial charge < -0.3 is 5.11 Å². The van der Waals surface area contributed by atoms with Crippen molar-refractivity contribution in [2.45, 2.75) is 41.4 Å². The van der Waals surface area contributed by atoms with Gasteiger partial charge in [0.1, 0.15) is 10.6 Å². The SMILES string of the molecule is Cc1cc(NS(=O)(=O)c2ccccc2)c(C(C)C)c(S(=O)(=O)c2ccc(Cl)cc2)c1O. The van der Waals surface area contributed by atoms with Gasteiger partial charge in [0.2, 0.25) is 9.84 Å². The van der Waals surface area contributed by atoms with Crippen LogP contribution in [0.1, 0.15) is 30.9 Å². The molecule has 0 saturated carbocycles. The molecular formula is C22H22ClNO5S2. The summed E-state index contributed by atoms with van der Waals surface area (Å²) in [6, 6.07) is 14.8. The van der Waals surface area contributed by atoms with Crippen LogP contribution in [0.5, 0.6) is 5.75 Å². The van der Waals surface area contributed by atoms with Crippen LogP contribution in [0.3, 0.4) is 0 Å². The minimum Gasteiger partial charge on any atom is -0.506 e. The Bertz CT molecular complexity index is 1320. The quantitative estimate of drug-likeness (QED) is 0.478. The van der Waals surface area contributed by atoms with E-state index in [1.165, 1.54) is 49.4 Å². The summed E-state index contributed by atoms with van der Waals surface area (Å²) < 4.78 is 55.2. The van der Waals surface area contributed by atoms with E-state index < -0.39 is 31.5 Å². The number of phenols is 1. The third-order valence-electron chi connectivity index (χ3n) is 4.75. The molecule has 0 amide bonds. The van der Waals surface area contributed by atoms with E-state index in [4.69, 9.17) is 11.6 Å². The predicted molar refractivity (Wildman–Crippen MR) is 121 cm³/mol. The number of nitrogens with one attached hydrogen (secondary N) is 1. The smallest absolute Gasteiger partial charge is 0.261 e. The number of sulfone groups is 1. The molecule has 0 aliphatic carbocycles. The zero-order valence-electron chi connectivity index (χ0n) is 17.1. The van der Waals surface area contributed by atoms with Gasteiger partial charge in [0, 0.05) is 10.6 Å². The lowest BCUT2D eigenvalue weighted by Gasteiger charge is -2.22. The number of phenolic OH excluding ortho intramolecular Hbond substituents is 1. The Morgan fingerprint density at radius 1 is 0.903 bits per heavy atom. The maximum absolute atomic E-state index is 13.5. The number of halogens is 1. The lowest BCUT2D eigenvalue weighted by atomic mass is 9.99. The Labute approximate surface area is 187 Å². The van der Waals surface area contributed by atoms with Gasteiger partial charge in [-0.05, 0) is 60.9 Å². The fourth-order valence-electron chi connectivity index (χ4n) is 3.26. The first-order valence-electron chi connectivity index (χ1n) is 9.40. The average molecular weight is 480 g/mol. The summed E-state index contributed by atoms with van der Waals surface area (Å²) in [5.74, 6) is -0.835. The molecule has 0 unspecified atom stereocenters. The van der Waals surface area contributed by atoms with Gasteiger partial charge in [-0.3, -0.25) is 4.72 Å². The molecule has 0 fully saturated rings. The summed E-state index contributed by atoms with van der Waals surface area (Å²) in [6.45, 7) is 4.97. The molecule has 3 rings (SSSR count). The van der Waals surface area contributed by atoms with Crippen molar-refractivity contribution in [1.29, 1.82) is 0 Å². The number of hydrogen-bond donors (Lipinski definition) is 2. The van der Waals surface area contributed by atoms with Gasteiger partial charge in [0.25, 0.3) is 10.0 Å². The van der Waals surface area contributed by atoms with Crippen molar-refractivity contribution in [3.05, 3.63) is 76.8 Å². The van der Waals surface area contributed by atoms with Gasteiger partial charge >= 0.3 is 0 Å². The third-order valence-corrected chi connectivity index (χ3v) is 8.23. The van der Waals surface area contributed by atoms with Crippen molar-refractivity contribution in [3.63, 3.8) is 0 Å². The number of hydrogen-bond acceptors (Lipinski definition) is 5. The van der Waals surface area contributed by atoms with Crippen LogP contribution in [0.15, 0.2) is 75.4 Å². The Kier molecular flexibility index (Phi) is 6.36. The second-order valence-electron chi connectivity index (χ2n) is 7.36. The molecule has 6 nitrogen and oxygen atoms in total. The van der Waals surface area contributed by atoms with Gasteiger partial charge in [-0.25, -0.2) is 16.8 Å². The van der Waals surface area contributed by atoms with Gasteiger partial charge in [0.05, 0.1) is 15.5 Å². The first kappa shape index (κ1) is 23.1. The van der Waals surface area contributed by atoms with E-state index in [2.05, 4.69) is 4.72 Å². The number of aryl methyl sites for hydroxylation is 1. The average Bonchev–Trinajstić information content (AvgIpc) is 2.70. The molecule has 9 heteroatoms. The normalized spacial score (nSPS) is 12.2. The van der Waals surface area contributed by atoms with E-state index in [1.807, 2.05) is 0 Å². The molecule has 3 aromatic carbocycles. The highest BCUT2D eigenvalue weighted by Gasteiger charge is 2.31. The van der Waals surface area contributed by atoms with Crippen LogP contribution < -0.4 is 4.72 Å². The molecule has 0 spiro atoms. The highest BCUT2D eigenvalue weighted by molar-refractivity contribution is 7.93. The van der Waals surface area contributed by atoms with Crippen molar-refractivity contribution < 1.29 is 21.9 Å². The summed E-state index contributed by atoms with van der Waals surface area (Å²) in [7, 11) is -8.15. The van der Waals surface area contributed by atoms with Crippen molar-refractivity contribution in [3.8, 4) is 5.75 Å². The maximum atomic E-state index is 13.5. The fourth-order valence-corrected chi connectivity index (χ4v) is 6.25. The third kappa shape index (κ3) is 4.56. The van der Waals surface area contributed by atoms with E-state index in [-0.39, 0.29) is 31.5 Å². The number of benzene rings is 3. The molecule has 0 aromatic heterocycles. The fraction of sp³-hybridized carbons (Fsp3) is 0.182. The molecule has 3 aromatic rings. The van der Waals surface area contributed by atoms with Crippen LogP contribution in [0, 0.1) is 6.92 Å². The lowest BCUT2D eigenvalue weighted by Crippen LogP contribution is -2.17. The number of sulfonamides is 1. The Morgan fingerprint density at radius 2 is 1.48 bits per heavy atom. The minimum absolute atomic E-state index is 0.0394. The summed E-state index contributed by atoms with van der Waals surface area (Å²) in [5, 5.41) is 11.1. The van der Waals surface area contributed by atoms with E-state index in [0.717, 1.165) is 0 Å². The minimum atomic E-state index is -4.17. The lowest BCUT2D eigenvalue weighted by molar-refractivity contribution is 0.451. The van der Waals surface area contributed by atoms with Crippen molar-refractivity contribution in [2.24, 2.45) is 0 Å². The monoisotopic (exact) mass is 479 g/mol. The van der Waals surface area contributed by atoms with Crippen molar-refractivity contribution >= 4 is 37.1 Å². The highest BCUT2D eigenvalue weighted by atomic mass is 35.5. The molecule has 0 bridgehead atoms. The standard InChI is InChI=1S/C22H22ClNO5S2/c1-14(2)20-19(24-31(28,29)18-7-5-4-6-8-18)13-15(3)21(25)22(20)30(26,27)17-11-9-16(23)10-12-17/h4-14,24-25H,1-3H3. The molecule has 0 aliphatic heterocycles. The zero-order valence-corrected chi connectivity index (χ0v) is 19.5. The Hall–Kier alpha value is -2.55. The van der Waals surface area contributed by atoms with E-state index >= 15 is 0 Å². The van der Waals surface area contributed by atoms with Gasteiger partial charge in [-0.2, -0.15) is 0 Å². The molecular weight excluding hydrogens is 458 g/mol. The molecule has 0 aliphatic rings. The van der Waals surface area contributed by atoms with Crippen LogP contribution in [0.4, 0.5) is 5.69 Å². The first-order valence-corrected chi connectivity index (χ1v) is 12.7. The van der Waals surface area contributed by atoms with E-state index in [1.54, 1.807) is 32.0 Å². The van der Waals surface area contributed by atoms with Crippen molar-refractivity contribution in [1.82, 2.24) is 0 Å². The van der Waals surface area contributed by atoms with E-state index in [9.17, 15) is 21.9 Å². The van der Waals surface area contributed by atoms with E-state index in [0.29, 0.717) is 5.02 Å². The second kappa shape index (κ2) is 8.53. The van der Waals surface area contributed by atoms with Crippen LogP contribution in [0.25, 0.3) is 0 Å². The van der Waals surface area contributed by atoms with Gasteiger partial charge in [0.15, 0.2) is 0 Å². The number of anilines is 1. The highest BCUT2D eigenvalue weighted by Crippen LogP contribution is 2.42. The van der Waals surface area contributed by atoms with Crippen LogP contribution >= 0.6 is 11.6 Å². The predicted octanol–water partition coefficient (Wildman–Crippen LogP) is 5.11. The second-order valence-corrected chi connectivity index (χ2v) is 11.4. The molecule has 164 valence electrons. The Morgan fingerprint density at radius 3 is 2.03 bits per heavy atom. The topological polar surface area (TPSA) is 101 Å². The summed E-state index contributed by atoms with van der Waals surface area (Å²) in [6.07, 6.45) is 0. The number of rotatable bonds is 6. The molecule has 0 atom stereocenters. The number of aromatic hydroxyl groups is 1. The summed E-state index contributed by atoms with van der Waals surface area (Å²) in [4.78, 5) is -0.343. The molecule has 2 N–H and O–H groups in total. The zero-order chi connectivity index (χ0) is 23.0. The molecule has 0 heterocycles. The first-order chi connectivity index (χ1) is 14.4. The van der Waals surface area contributed by atoms with Crippen LogP contribution in [0.2, 0.25) is 5.02 Å². The summed E-state index contributed by atoms with van der Waals surface area (Å²) in [5.41, 5.74) is 0.502. The summed E-state index contributed by atoms with van der Waals surface area (Å²) >= 11 is 5.88. The van der Waals surface area contributed by atoms with Crippen molar-refractivity contribution in [2.75, 3.05) is 4.72 Å². The van der Waals surface area contributed by atoms with Gasteiger partial charge in [-0.1, -0.05) is 43.6 Å². The van der Waals surface area contributed by atoms with Gasteiger partial charge in [-0.15, -0.1) is 0 Å². The maximum Gasteiger partial charge on any atom is 0.261 e. The Balaban J connectivity index is 2.26. The molecule has 0 radical (unpaired) electrons. The molecule has 0 saturated heterocycles. The largest absolute Gasteiger partial charge is 0.506 e. The van der Waals surface area contributed by atoms with Crippen LogP contribution in [-0.2, 0) is 19.9 Å². The molecule has 31 heavy (non-hydrogen) atoms.